The molecule has 0 radical (unpaired) electrons. The summed E-state index contributed by atoms with van der Waals surface area (Å²) < 4.78 is 1.95. The summed E-state index contributed by atoms with van der Waals surface area (Å²) in [5.74, 6) is 0.662. The van der Waals surface area contributed by atoms with Crippen molar-refractivity contribution >= 4 is 17.2 Å². The third kappa shape index (κ3) is 3.13. The minimum atomic E-state index is -0.171. The van der Waals surface area contributed by atoms with Crippen molar-refractivity contribution in [3.8, 4) is 0 Å². The van der Waals surface area contributed by atoms with E-state index in [1.807, 2.05) is 53.7 Å². The van der Waals surface area contributed by atoms with Gasteiger partial charge in [-0.3, -0.25) is 14.2 Å². The van der Waals surface area contributed by atoms with Crippen LogP contribution >= 0.6 is 0 Å². The van der Waals surface area contributed by atoms with Crippen molar-refractivity contribution < 1.29 is 4.79 Å². The fourth-order valence-electron chi connectivity index (χ4n) is 2.33. The number of aromatic nitrogens is 4. The Morgan fingerprint density at radius 2 is 2.17 bits per heavy atom. The summed E-state index contributed by atoms with van der Waals surface area (Å²) in [5, 5.41) is 11.1. The molecule has 3 heterocycles. The van der Waals surface area contributed by atoms with Gasteiger partial charge in [0.2, 0.25) is 0 Å². The molecule has 3 aromatic heterocycles. The molecule has 7 nitrogen and oxygen atoms in total. The van der Waals surface area contributed by atoms with Gasteiger partial charge in [-0.25, -0.2) is 0 Å². The number of hydrogen-bond acceptors (Lipinski definition) is 5. The van der Waals surface area contributed by atoms with Gasteiger partial charge in [-0.05, 0) is 31.2 Å². The van der Waals surface area contributed by atoms with Gasteiger partial charge in [0, 0.05) is 31.7 Å². The number of fused-ring (bicyclic) bond motifs is 1. The molecule has 0 aromatic carbocycles. The van der Waals surface area contributed by atoms with Gasteiger partial charge in [0.15, 0.2) is 11.5 Å². The van der Waals surface area contributed by atoms with Gasteiger partial charge in [0.05, 0.1) is 6.54 Å². The highest BCUT2D eigenvalue weighted by atomic mass is 16.1. The molecule has 3 rings (SSSR count). The molecule has 23 heavy (non-hydrogen) atoms. The third-order valence-electron chi connectivity index (χ3n) is 3.52. The fourth-order valence-corrected chi connectivity index (χ4v) is 2.33. The van der Waals surface area contributed by atoms with Crippen LogP contribution in [0.1, 0.15) is 23.2 Å². The van der Waals surface area contributed by atoms with E-state index in [4.69, 9.17) is 0 Å². The lowest BCUT2D eigenvalue weighted by Gasteiger charge is -2.18. The Kier molecular flexibility index (Phi) is 4.18. The number of carbonyl (C=O) groups is 1. The number of carbonyl (C=O) groups excluding carboxylic acids is 1. The van der Waals surface area contributed by atoms with E-state index in [9.17, 15) is 4.79 Å². The molecule has 0 fully saturated rings. The predicted molar refractivity (Wildman–Crippen MR) is 87.3 cm³/mol. The summed E-state index contributed by atoms with van der Waals surface area (Å²) in [6.07, 6.45) is 3.57. The zero-order chi connectivity index (χ0) is 16.2. The Bertz CT molecular complexity index is 828. The summed E-state index contributed by atoms with van der Waals surface area (Å²) in [4.78, 5) is 18.0. The first kappa shape index (κ1) is 15.0. The van der Waals surface area contributed by atoms with Crippen LogP contribution < -0.4 is 10.2 Å². The molecule has 0 saturated heterocycles. The SMILES string of the molecule is CCNC(=O)c1cc(N(C)Cc2nnc3ccccn23)ccn1. The minimum absolute atomic E-state index is 0.171. The van der Waals surface area contributed by atoms with E-state index >= 15 is 0 Å². The van der Waals surface area contributed by atoms with Crippen LogP contribution in [0.15, 0.2) is 42.7 Å². The Morgan fingerprint density at radius 1 is 1.30 bits per heavy atom. The second-order valence-corrected chi connectivity index (χ2v) is 5.16. The molecule has 1 N–H and O–H groups in total. The summed E-state index contributed by atoms with van der Waals surface area (Å²) >= 11 is 0. The summed E-state index contributed by atoms with van der Waals surface area (Å²) in [6.45, 7) is 3.03. The highest BCUT2D eigenvalue weighted by Gasteiger charge is 2.11. The molecule has 3 aromatic rings. The zero-order valence-electron chi connectivity index (χ0n) is 13.1. The second-order valence-electron chi connectivity index (χ2n) is 5.16. The van der Waals surface area contributed by atoms with Crippen molar-refractivity contribution in [1.29, 1.82) is 0 Å². The van der Waals surface area contributed by atoms with Crippen molar-refractivity contribution in [2.75, 3.05) is 18.5 Å². The van der Waals surface area contributed by atoms with E-state index in [0.29, 0.717) is 18.8 Å². The standard InChI is InChI=1S/C16H18N6O/c1-3-17-16(23)13-10-12(7-8-18-13)21(2)11-15-20-19-14-6-4-5-9-22(14)15/h4-10H,3,11H2,1-2H3,(H,17,23). The Labute approximate surface area is 134 Å². The first-order valence-corrected chi connectivity index (χ1v) is 7.43. The summed E-state index contributed by atoms with van der Waals surface area (Å²) in [6, 6.07) is 9.43. The third-order valence-corrected chi connectivity index (χ3v) is 3.52. The maximum Gasteiger partial charge on any atom is 0.269 e. The van der Waals surface area contributed by atoms with Crippen LogP contribution in [0.4, 0.5) is 5.69 Å². The number of anilines is 1. The van der Waals surface area contributed by atoms with E-state index < -0.39 is 0 Å². The normalized spacial score (nSPS) is 10.7. The van der Waals surface area contributed by atoms with E-state index in [1.54, 1.807) is 12.3 Å². The molecule has 0 unspecified atom stereocenters. The molecule has 7 heteroatoms. The largest absolute Gasteiger partial charge is 0.367 e. The monoisotopic (exact) mass is 310 g/mol. The Morgan fingerprint density at radius 3 is 3.00 bits per heavy atom. The van der Waals surface area contributed by atoms with Gasteiger partial charge in [-0.2, -0.15) is 0 Å². The minimum Gasteiger partial charge on any atom is -0.367 e. The maximum absolute atomic E-state index is 11.9. The van der Waals surface area contributed by atoms with Crippen molar-refractivity contribution in [1.82, 2.24) is 24.9 Å². The average Bonchev–Trinajstić information content (AvgIpc) is 2.98. The molecule has 0 bridgehead atoms. The number of nitrogens with zero attached hydrogens (tertiary/aromatic N) is 5. The van der Waals surface area contributed by atoms with Gasteiger partial charge in [0.25, 0.3) is 5.91 Å². The average molecular weight is 310 g/mol. The molecular weight excluding hydrogens is 292 g/mol. The van der Waals surface area contributed by atoms with Crippen molar-refractivity contribution in [2.45, 2.75) is 13.5 Å². The van der Waals surface area contributed by atoms with Crippen LogP contribution in [0.5, 0.6) is 0 Å². The van der Waals surface area contributed by atoms with Crippen LogP contribution in [-0.4, -0.2) is 39.1 Å². The molecule has 0 aliphatic rings. The lowest BCUT2D eigenvalue weighted by Crippen LogP contribution is -2.24. The highest BCUT2D eigenvalue weighted by Crippen LogP contribution is 2.16. The Balaban J connectivity index is 1.82. The fraction of sp³-hybridized carbons (Fsp3) is 0.250. The second kappa shape index (κ2) is 6.43. The smallest absolute Gasteiger partial charge is 0.269 e. The van der Waals surface area contributed by atoms with Gasteiger partial charge >= 0.3 is 0 Å². The lowest BCUT2D eigenvalue weighted by molar-refractivity contribution is 0.0951. The summed E-state index contributed by atoms with van der Waals surface area (Å²) in [5.41, 5.74) is 2.12. The first-order valence-electron chi connectivity index (χ1n) is 7.43. The molecule has 0 saturated carbocycles. The van der Waals surface area contributed by atoms with E-state index in [0.717, 1.165) is 17.2 Å². The number of amides is 1. The van der Waals surface area contributed by atoms with E-state index in [2.05, 4.69) is 20.5 Å². The van der Waals surface area contributed by atoms with Crippen molar-refractivity contribution in [3.05, 3.63) is 54.2 Å². The van der Waals surface area contributed by atoms with Crippen LogP contribution in [0, 0.1) is 0 Å². The summed E-state index contributed by atoms with van der Waals surface area (Å²) in [7, 11) is 1.95. The quantitative estimate of drug-likeness (QED) is 0.773. The van der Waals surface area contributed by atoms with E-state index in [-0.39, 0.29) is 5.91 Å². The topological polar surface area (TPSA) is 75.4 Å². The molecule has 0 aliphatic carbocycles. The van der Waals surface area contributed by atoms with Crippen LogP contribution in [0.25, 0.3) is 5.65 Å². The van der Waals surface area contributed by atoms with E-state index in [1.165, 1.54) is 0 Å². The molecular formula is C16H18N6O. The van der Waals surface area contributed by atoms with Gasteiger partial charge in [0.1, 0.15) is 5.69 Å². The lowest BCUT2D eigenvalue weighted by atomic mass is 10.2. The molecule has 0 aliphatic heterocycles. The van der Waals surface area contributed by atoms with Crippen molar-refractivity contribution in [3.63, 3.8) is 0 Å². The van der Waals surface area contributed by atoms with Gasteiger partial charge < -0.3 is 10.2 Å². The predicted octanol–water partition coefficient (Wildman–Crippen LogP) is 1.51. The molecule has 118 valence electrons. The highest BCUT2D eigenvalue weighted by molar-refractivity contribution is 5.93. The Hall–Kier alpha value is -2.96. The van der Waals surface area contributed by atoms with Crippen molar-refractivity contribution in [2.24, 2.45) is 0 Å². The van der Waals surface area contributed by atoms with Crippen LogP contribution in [0.2, 0.25) is 0 Å². The number of hydrogen-bond donors (Lipinski definition) is 1. The van der Waals surface area contributed by atoms with Gasteiger partial charge in [-0.15, -0.1) is 10.2 Å². The molecule has 0 spiro atoms. The number of pyridine rings is 2. The van der Waals surface area contributed by atoms with Crippen LogP contribution in [0.3, 0.4) is 0 Å². The number of nitrogens with one attached hydrogen (secondary N) is 1. The van der Waals surface area contributed by atoms with Crippen LogP contribution in [-0.2, 0) is 6.54 Å². The molecule has 1 amide bonds. The zero-order valence-corrected chi connectivity index (χ0v) is 13.1. The number of rotatable bonds is 5. The van der Waals surface area contributed by atoms with Gasteiger partial charge in [-0.1, -0.05) is 6.07 Å². The maximum atomic E-state index is 11.9. The molecule has 0 atom stereocenters. The first-order chi connectivity index (χ1) is 11.2.